The van der Waals surface area contributed by atoms with E-state index >= 15 is 0 Å². The molecule has 0 radical (unpaired) electrons. The highest BCUT2D eigenvalue weighted by Crippen LogP contribution is 2.26. The third-order valence-corrected chi connectivity index (χ3v) is 3.25. The summed E-state index contributed by atoms with van der Waals surface area (Å²) >= 11 is 0. The van der Waals surface area contributed by atoms with Gasteiger partial charge in [0.25, 0.3) is 0 Å². The van der Waals surface area contributed by atoms with Crippen LogP contribution in [-0.4, -0.2) is 35.5 Å². The van der Waals surface area contributed by atoms with Gasteiger partial charge < -0.3 is 10.2 Å². The maximum absolute atomic E-state index is 13.0. The number of nitrogens with zero attached hydrogens (tertiary/aromatic N) is 1. The van der Waals surface area contributed by atoms with Crippen LogP contribution in [0.3, 0.4) is 0 Å². The molecule has 1 aliphatic heterocycles. The first-order valence-corrected chi connectivity index (χ1v) is 6.34. The minimum absolute atomic E-state index is 0.0668. The second-order valence-corrected chi connectivity index (χ2v) is 4.77. The van der Waals surface area contributed by atoms with Crippen molar-refractivity contribution in [3.05, 3.63) is 29.8 Å². The molecule has 0 bridgehead atoms. The van der Waals surface area contributed by atoms with Crippen LogP contribution in [0.2, 0.25) is 0 Å². The van der Waals surface area contributed by atoms with E-state index in [1.807, 2.05) is 0 Å². The molecule has 1 N–H and O–H groups in total. The summed E-state index contributed by atoms with van der Waals surface area (Å²) in [6, 6.07) is 1.26. The second-order valence-electron chi connectivity index (χ2n) is 4.77. The van der Waals surface area contributed by atoms with E-state index in [4.69, 9.17) is 0 Å². The Morgan fingerprint density at radius 1 is 1.18 bits per heavy atom. The van der Waals surface area contributed by atoms with Crippen LogP contribution in [0.4, 0.5) is 27.6 Å². The first kappa shape index (κ1) is 16.2. The number of nitrogens with one attached hydrogen (secondary N) is 1. The largest absolute Gasteiger partial charge is 0.471 e. The summed E-state index contributed by atoms with van der Waals surface area (Å²) in [5, 5.41) is 2.18. The number of anilines is 1. The molecule has 1 unspecified atom stereocenters. The van der Waals surface area contributed by atoms with E-state index in [0.29, 0.717) is 11.0 Å². The molecule has 9 heteroatoms. The highest BCUT2D eigenvalue weighted by atomic mass is 19.4. The Bertz CT molecular complexity index is 603. The SMILES string of the molecule is O=C(Nc1ccc(F)c(F)c1)C1CCCN1C(=O)C(F)(F)F. The van der Waals surface area contributed by atoms with Gasteiger partial charge in [-0.15, -0.1) is 0 Å². The zero-order valence-corrected chi connectivity index (χ0v) is 11.1. The zero-order valence-electron chi connectivity index (χ0n) is 11.1. The van der Waals surface area contributed by atoms with Gasteiger partial charge in [0.05, 0.1) is 0 Å². The van der Waals surface area contributed by atoms with E-state index in [2.05, 4.69) is 5.32 Å². The lowest BCUT2D eigenvalue weighted by atomic mass is 10.2. The number of benzene rings is 1. The predicted octanol–water partition coefficient (Wildman–Crippen LogP) is 2.46. The molecule has 1 fully saturated rings. The molecule has 1 heterocycles. The van der Waals surface area contributed by atoms with E-state index in [0.717, 1.165) is 12.1 Å². The summed E-state index contributed by atoms with van der Waals surface area (Å²) in [5.41, 5.74) is -0.102. The summed E-state index contributed by atoms with van der Waals surface area (Å²) in [5.74, 6) is -5.28. The smallest absolute Gasteiger partial charge is 0.324 e. The van der Waals surface area contributed by atoms with Crippen molar-refractivity contribution in [2.45, 2.75) is 25.1 Å². The van der Waals surface area contributed by atoms with Crippen molar-refractivity contribution in [2.75, 3.05) is 11.9 Å². The Hall–Kier alpha value is -2.19. The molecule has 22 heavy (non-hydrogen) atoms. The fourth-order valence-electron chi connectivity index (χ4n) is 2.24. The average Bonchev–Trinajstić information content (AvgIpc) is 2.90. The molecule has 1 aliphatic rings. The number of halogens is 5. The second kappa shape index (κ2) is 5.90. The number of hydrogen-bond acceptors (Lipinski definition) is 2. The first-order valence-electron chi connectivity index (χ1n) is 6.34. The van der Waals surface area contributed by atoms with Gasteiger partial charge in [-0.05, 0) is 25.0 Å². The lowest BCUT2D eigenvalue weighted by Gasteiger charge is -2.24. The van der Waals surface area contributed by atoms with Crippen LogP contribution in [0, 0.1) is 11.6 Å². The minimum Gasteiger partial charge on any atom is -0.324 e. The summed E-state index contributed by atoms with van der Waals surface area (Å²) in [4.78, 5) is 23.6. The summed E-state index contributed by atoms with van der Waals surface area (Å²) in [7, 11) is 0. The monoisotopic (exact) mass is 322 g/mol. The topological polar surface area (TPSA) is 49.4 Å². The van der Waals surface area contributed by atoms with Gasteiger partial charge in [-0.1, -0.05) is 0 Å². The fourth-order valence-corrected chi connectivity index (χ4v) is 2.24. The van der Waals surface area contributed by atoms with Crippen molar-refractivity contribution >= 4 is 17.5 Å². The van der Waals surface area contributed by atoms with Crippen molar-refractivity contribution in [2.24, 2.45) is 0 Å². The van der Waals surface area contributed by atoms with Gasteiger partial charge in [0.15, 0.2) is 11.6 Å². The number of alkyl halides is 3. The van der Waals surface area contributed by atoms with Gasteiger partial charge in [-0.3, -0.25) is 9.59 Å². The van der Waals surface area contributed by atoms with Gasteiger partial charge in [0.2, 0.25) is 5.91 Å². The number of amides is 2. The van der Waals surface area contributed by atoms with Crippen LogP contribution in [0.5, 0.6) is 0 Å². The Labute approximate surface area is 121 Å². The summed E-state index contributed by atoms with van der Waals surface area (Å²) in [6.45, 7) is -0.186. The summed E-state index contributed by atoms with van der Waals surface area (Å²) in [6.07, 6.45) is -4.75. The highest BCUT2D eigenvalue weighted by Gasteiger charge is 2.47. The molecular weight excluding hydrogens is 311 g/mol. The van der Waals surface area contributed by atoms with Crippen molar-refractivity contribution in [3.63, 3.8) is 0 Å². The Morgan fingerprint density at radius 2 is 1.86 bits per heavy atom. The minimum atomic E-state index is -5.06. The highest BCUT2D eigenvalue weighted by molar-refractivity contribution is 5.98. The van der Waals surface area contributed by atoms with Crippen LogP contribution >= 0.6 is 0 Å². The molecule has 120 valence electrons. The Kier molecular flexibility index (Phi) is 4.34. The van der Waals surface area contributed by atoms with Crippen LogP contribution in [-0.2, 0) is 9.59 Å². The van der Waals surface area contributed by atoms with Gasteiger partial charge in [-0.25, -0.2) is 8.78 Å². The Morgan fingerprint density at radius 3 is 2.45 bits per heavy atom. The van der Waals surface area contributed by atoms with Gasteiger partial charge in [0, 0.05) is 18.3 Å². The maximum Gasteiger partial charge on any atom is 0.471 e. The molecule has 1 atom stereocenters. The van der Waals surface area contributed by atoms with E-state index in [-0.39, 0.29) is 25.1 Å². The average molecular weight is 322 g/mol. The number of likely N-dealkylation sites (tertiary alicyclic amines) is 1. The predicted molar refractivity (Wildman–Crippen MR) is 65.8 cm³/mol. The third-order valence-electron chi connectivity index (χ3n) is 3.25. The van der Waals surface area contributed by atoms with Crippen LogP contribution in [0.15, 0.2) is 18.2 Å². The van der Waals surface area contributed by atoms with Crippen LogP contribution < -0.4 is 5.32 Å². The number of carbonyl (C=O) groups is 2. The van der Waals surface area contributed by atoms with Gasteiger partial charge in [0.1, 0.15) is 6.04 Å². The zero-order chi connectivity index (χ0) is 16.5. The summed E-state index contributed by atoms with van der Waals surface area (Å²) < 4.78 is 63.1. The molecule has 1 aromatic carbocycles. The molecule has 0 saturated carbocycles. The number of rotatable bonds is 2. The van der Waals surface area contributed by atoms with E-state index in [1.165, 1.54) is 0 Å². The molecule has 0 aliphatic carbocycles. The molecule has 0 spiro atoms. The molecule has 1 saturated heterocycles. The molecule has 2 rings (SSSR count). The van der Waals surface area contributed by atoms with Gasteiger partial charge in [-0.2, -0.15) is 13.2 Å². The van der Waals surface area contributed by atoms with E-state index in [1.54, 1.807) is 0 Å². The van der Waals surface area contributed by atoms with E-state index < -0.39 is 35.7 Å². The number of carbonyl (C=O) groups excluding carboxylic acids is 2. The van der Waals surface area contributed by atoms with Crippen LogP contribution in [0.1, 0.15) is 12.8 Å². The molecule has 0 aromatic heterocycles. The molecule has 4 nitrogen and oxygen atoms in total. The molecule has 2 amide bonds. The van der Waals surface area contributed by atoms with Crippen molar-refractivity contribution in [1.82, 2.24) is 4.90 Å². The maximum atomic E-state index is 13.0. The van der Waals surface area contributed by atoms with Gasteiger partial charge >= 0.3 is 12.1 Å². The van der Waals surface area contributed by atoms with E-state index in [9.17, 15) is 31.5 Å². The normalized spacial score (nSPS) is 18.4. The quantitative estimate of drug-likeness (QED) is 0.851. The van der Waals surface area contributed by atoms with Crippen molar-refractivity contribution < 1.29 is 31.5 Å². The molecule has 1 aromatic rings. The van der Waals surface area contributed by atoms with Crippen molar-refractivity contribution in [3.8, 4) is 0 Å². The first-order chi connectivity index (χ1) is 10.2. The fraction of sp³-hybridized carbons (Fsp3) is 0.385. The number of hydrogen-bond donors (Lipinski definition) is 1. The third kappa shape index (κ3) is 3.34. The standard InChI is InChI=1S/C13H11F5N2O2/c14-8-4-3-7(6-9(8)15)19-11(21)10-2-1-5-20(10)12(22)13(16,17)18/h3-4,6,10H,1-2,5H2,(H,19,21). The lowest BCUT2D eigenvalue weighted by Crippen LogP contribution is -2.48. The lowest BCUT2D eigenvalue weighted by molar-refractivity contribution is -0.186. The Balaban J connectivity index is 2.11. The van der Waals surface area contributed by atoms with Crippen molar-refractivity contribution in [1.29, 1.82) is 0 Å². The van der Waals surface area contributed by atoms with Crippen LogP contribution in [0.25, 0.3) is 0 Å². The molecular formula is C13H11F5N2O2.